The molecule has 1 unspecified atom stereocenters. The van der Waals surface area contributed by atoms with Crippen LogP contribution >= 0.6 is 0 Å². The number of aromatic nitrogens is 2. The van der Waals surface area contributed by atoms with E-state index in [0.29, 0.717) is 12.8 Å². The van der Waals surface area contributed by atoms with E-state index in [1.807, 2.05) is 62.6 Å². The van der Waals surface area contributed by atoms with Crippen molar-refractivity contribution in [3.05, 3.63) is 65.5 Å². The molecular formula is C20H23N3O2. The molecule has 5 heteroatoms. The number of nitrogens with one attached hydrogen (secondary N) is 1. The lowest BCUT2D eigenvalue weighted by molar-refractivity contribution is -0.121. The van der Waals surface area contributed by atoms with Gasteiger partial charge < -0.3 is 10.4 Å². The summed E-state index contributed by atoms with van der Waals surface area (Å²) in [6.07, 6.45) is 2.26. The van der Waals surface area contributed by atoms with Crippen LogP contribution in [0, 0.1) is 6.92 Å². The number of amides is 1. The maximum Gasteiger partial charge on any atom is 0.220 e. The third-order valence-electron chi connectivity index (χ3n) is 4.39. The van der Waals surface area contributed by atoms with Gasteiger partial charge in [0.2, 0.25) is 5.91 Å². The Bertz CT molecular complexity index is 886. The smallest absolute Gasteiger partial charge is 0.220 e. The first-order valence-electron chi connectivity index (χ1n) is 8.45. The number of aliphatic hydroxyl groups excluding tert-OH is 1. The van der Waals surface area contributed by atoms with Crippen molar-refractivity contribution in [2.75, 3.05) is 6.54 Å². The Balaban J connectivity index is 1.53. The van der Waals surface area contributed by atoms with Crippen molar-refractivity contribution >= 4 is 16.7 Å². The number of hydrogen-bond acceptors (Lipinski definition) is 3. The quantitative estimate of drug-likeness (QED) is 0.727. The fourth-order valence-electron chi connectivity index (χ4n) is 2.97. The van der Waals surface area contributed by atoms with Crippen LogP contribution in [0.25, 0.3) is 10.8 Å². The van der Waals surface area contributed by atoms with E-state index >= 15 is 0 Å². The van der Waals surface area contributed by atoms with Crippen molar-refractivity contribution in [1.29, 1.82) is 0 Å². The topological polar surface area (TPSA) is 67.2 Å². The minimum absolute atomic E-state index is 0.0666. The largest absolute Gasteiger partial charge is 0.387 e. The number of aryl methyl sites for hydroxylation is 3. The number of benzene rings is 2. The first-order valence-corrected chi connectivity index (χ1v) is 8.45. The second-order valence-corrected chi connectivity index (χ2v) is 6.34. The first-order chi connectivity index (χ1) is 12.0. The molecule has 2 N–H and O–H groups in total. The van der Waals surface area contributed by atoms with Gasteiger partial charge in [0, 0.05) is 26.2 Å². The van der Waals surface area contributed by atoms with Crippen molar-refractivity contribution in [2.45, 2.75) is 25.9 Å². The van der Waals surface area contributed by atoms with Crippen molar-refractivity contribution < 1.29 is 9.90 Å². The van der Waals surface area contributed by atoms with Crippen molar-refractivity contribution in [3.63, 3.8) is 0 Å². The van der Waals surface area contributed by atoms with E-state index in [1.54, 1.807) is 4.68 Å². The summed E-state index contributed by atoms with van der Waals surface area (Å²) in [7, 11) is 1.87. The van der Waals surface area contributed by atoms with Crippen molar-refractivity contribution in [2.24, 2.45) is 7.05 Å². The summed E-state index contributed by atoms with van der Waals surface area (Å²) in [6, 6.07) is 13.9. The van der Waals surface area contributed by atoms with E-state index < -0.39 is 6.10 Å². The number of carbonyl (C=O) groups excluding carboxylic acids is 1. The summed E-state index contributed by atoms with van der Waals surface area (Å²) >= 11 is 0. The predicted octanol–water partition coefficient (Wildman–Crippen LogP) is 2.66. The van der Waals surface area contributed by atoms with Crippen LogP contribution in [0.4, 0.5) is 0 Å². The number of hydrogen-bond donors (Lipinski definition) is 2. The minimum atomic E-state index is -0.714. The standard InChI is InChI=1S/C20H23N3O2/c1-14-18(13-23(2)22-14)9-10-20(25)21-12-19(24)17-8-7-15-5-3-4-6-16(15)11-17/h3-8,11,13,19,24H,9-10,12H2,1-2H3,(H,21,25). The minimum Gasteiger partial charge on any atom is -0.387 e. The molecule has 0 saturated heterocycles. The van der Waals surface area contributed by atoms with Crippen molar-refractivity contribution in [3.8, 4) is 0 Å². The lowest BCUT2D eigenvalue weighted by Crippen LogP contribution is -2.28. The number of fused-ring (bicyclic) bond motifs is 1. The summed E-state index contributed by atoms with van der Waals surface area (Å²) in [5.41, 5.74) is 2.83. The summed E-state index contributed by atoms with van der Waals surface area (Å²) in [5.74, 6) is -0.0666. The fraction of sp³-hybridized carbons (Fsp3) is 0.300. The van der Waals surface area contributed by atoms with Gasteiger partial charge >= 0.3 is 0 Å². The molecule has 0 saturated carbocycles. The van der Waals surface area contributed by atoms with E-state index in [4.69, 9.17) is 0 Å². The van der Waals surface area contributed by atoms with Crippen LogP contribution in [-0.2, 0) is 18.3 Å². The second kappa shape index (κ2) is 7.49. The van der Waals surface area contributed by atoms with Gasteiger partial charge in [0.15, 0.2) is 0 Å². The van der Waals surface area contributed by atoms with Crippen LogP contribution in [-0.4, -0.2) is 27.3 Å². The Kier molecular flexibility index (Phi) is 5.14. The van der Waals surface area contributed by atoms with Gasteiger partial charge in [-0.05, 0) is 41.3 Å². The van der Waals surface area contributed by atoms with Crippen LogP contribution in [0.2, 0.25) is 0 Å². The van der Waals surface area contributed by atoms with Gasteiger partial charge in [-0.25, -0.2) is 0 Å². The molecule has 0 bridgehead atoms. The Labute approximate surface area is 147 Å². The highest BCUT2D eigenvalue weighted by molar-refractivity contribution is 5.83. The van der Waals surface area contributed by atoms with E-state index in [0.717, 1.165) is 27.6 Å². The predicted molar refractivity (Wildman–Crippen MR) is 98.2 cm³/mol. The maximum atomic E-state index is 12.0. The van der Waals surface area contributed by atoms with Crippen LogP contribution in [0.15, 0.2) is 48.7 Å². The normalized spacial score (nSPS) is 12.3. The molecule has 0 fully saturated rings. The molecule has 25 heavy (non-hydrogen) atoms. The van der Waals surface area contributed by atoms with Gasteiger partial charge in [-0.1, -0.05) is 36.4 Å². The molecule has 1 heterocycles. The highest BCUT2D eigenvalue weighted by Crippen LogP contribution is 2.20. The molecule has 3 aromatic rings. The molecule has 3 rings (SSSR count). The van der Waals surface area contributed by atoms with Crippen LogP contribution in [0.1, 0.15) is 29.3 Å². The number of carbonyl (C=O) groups is 1. The fourth-order valence-corrected chi connectivity index (χ4v) is 2.97. The lowest BCUT2D eigenvalue weighted by Gasteiger charge is -2.13. The monoisotopic (exact) mass is 337 g/mol. The highest BCUT2D eigenvalue weighted by atomic mass is 16.3. The Morgan fingerprint density at radius 2 is 2.00 bits per heavy atom. The summed E-state index contributed by atoms with van der Waals surface area (Å²) < 4.78 is 1.76. The molecule has 1 amide bonds. The zero-order valence-corrected chi connectivity index (χ0v) is 14.6. The third-order valence-corrected chi connectivity index (χ3v) is 4.39. The van der Waals surface area contributed by atoms with Gasteiger partial charge in [-0.15, -0.1) is 0 Å². The van der Waals surface area contributed by atoms with Gasteiger partial charge in [-0.2, -0.15) is 5.10 Å². The Morgan fingerprint density at radius 1 is 1.24 bits per heavy atom. The average Bonchev–Trinajstić information content (AvgIpc) is 2.94. The molecule has 0 spiro atoms. The molecule has 130 valence electrons. The summed E-state index contributed by atoms with van der Waals surface area (Å²) in [4.78, 5) is 12.0. The van der Waals surface area contributed by atoms with Crippen LogP contribution in [0.3, 0.4) is 0 Å². The molecular weight excluding hydrogens is 314 g/mol. The van der Waals surface area contributed by atoms with Gasteiger partial charge in [-0.3, -0.25) is 9.48 Å². The Hall–Kier alpha value is -2.66. The molecule has 0 aliphatic rings. The molecule has 1 atom stereocenters. The van der Waals surface area contributed by atoms with Gasteiger partial charge in [0.25, 0.3) is 0 Å². The van der Waals surface area contributed by atoms with Crippen molar-refractivity contribution in [1.82, 2.24) is 15.1 Å². The van der Waals surface area contributed by atoms with E-state index in [9.17, 15) is 9.90 Å². The lowest BCUT2D eigenvalue weighted by atomic mass is 10.0. The van der Waals surface area contributed by atoms with Gasteiger partial charge in [0.1, 0.15) is 0 Å². The SMILES string of the molecule is Cc1nn(C)cc1CCC(=O)NCC(O)c1ccc2ccccc2c1. The zero-order chi connectivity index (χ0) is 17.8. The van der Waals surface area contributed by atoms with Crippen LogP contribution in [0.5, 0.6) is 0 Å². The number of aliphatic hydroxyl groups is 1. The Morgan fingerprint density at radius 3 is 2.72 bits per heavy atom. The molecule has 2 aromatic carbocycles. The van der Waals surface area contributed by atoms with E-state index in [1.165, 1.54) is 0 Å². The molecule has 0 aliphatic heterocycles. The van der Waals surface area contributed by atoms with E-state index in [-0.39, 0.29) is 12.5 Å². The molecule has 0 radical (unpaired) electrons. The second-order valence-electron chi connectivity index (χ2n) is 6.34. The number of rotatable bonds is 6. The van der Waals surface area contributed by atoms with E-state index in [2.05, 4.69) is 10.4 Å². The number of nitrogens with zero attached hydrogens (tertiary/aromatic N) is 2. The van der Waals surface area contributed by atoms with Gasteiger partial charge in [0.05, 0.1) is 11.8 Å². The average molecular weight is 337 g/mol. The summed E-state index contributed by atoms with van der Waals surface area (Å²) in [5, 5.41) is 19.6. The zero-order valence-electron chi connectivity index (χ0n) is 14.6. The molecule has 0 aliphatic carbocycles. The molecule has 5 nitrogen and oxygen atoms in total. The molecule has 1 aromatic heterocycles. The van der Waals surface area contributed by atoms with Crippen LogP contribution < -0.4 is 5.32 Å². The highest BCUT2D eigenvalue weighted by Gasteiger charge is 2.11. The third kappa shape index (κ3) is 4.25. The summed E-state index contributed by atoms with van der Waals surface area (Å²) in [6.45, 7) is 2.15. The first kappa shape index (κ1) is 17.2. The maximum absolute atomic E-state index is 12.0.